The van der Waals surface area contributed by atoms with Crippen LogP contribution >= 0.6 is 11.8 Å². The van der Waals surface area contributed by atoms with Gasteiger partial charge in [0.25, 0.3) is 11.1 Å². The minimum Gasteiger partial charge on any atom is -0.493 e. The van der Waals surface area contributed by atoms with E-state index in [1.165, 1.54) is 50.6 Å². The van der Waals surface area contributed by atoms with E-state index in [1.807, 2.05) is 0 Å². The Labute approximate surface area is 188 Å². The lowest BCUT2D eigenvalue weighted by molar-refractivity contribution is -0.123. The molecule has 32 heavy (non-hydrogen) atoms. The third-order valence-electron chi connectivity index (χ3n) is 4.51. The van der Waals surface area contributed by atoms with Crippen LogP contribution in [0.25, 0.3) is 12.2 Å². The number of rotatable bonds is 8. The van der Waals surface area contributed by atoms with Crippen molar-refractivity contribution in [2.75, 3.05) is 27.3 Å². The Morgan fingerprint density at radius 3 is 2.44 bits per heavy atom. The van der Waals surface area contributed by atoms with Crippen LogP contribution in [-0.2, 0) is 9.59 Å². The monoisotopic (exact) mass is 456 g/mol. The molecule has 0 radical (unpaired) electrons. The van der Waals surface area contributed by atoms with Crippen LogP contribution in [0.1, 0.15) is 11.1 Å². The second-order valence-corrected chi connectivity index (χ2v) is 7.62. The van der Waals surface area contributed by atoms with Gasteiger partial charge in [0.15, 0.2) is 11.5 Å². The van der Waals surface area contributed by atoms with Crippen LogP contribution in [0.5, 0.6) is 11.5 Å². The normalized spacial score (nSPS) is 15.0. The number of nitrogens with zero attached hydrogens (tertiary/aromatic N) is 1. The smallest absolute Gasteiger partial charge is 0.293 e. The van der Waals surface area contributed by atoms with Crippen molar-refractivity contribution in [3.8, 4) is 11.5 Å². The van der Waals surface area contributed by atoms with Gasteiger partial charge in [0, 0.05) is 19.2 Å². The molecule has 9 heteroatoms. The molecule has 166 valence electrons. The van der Waals surface area contributed by atoms with Crippen LogP contribution in [0.4, 0.5) is 9.18 Å². The molecule has 2 aromatic carbocycles. The molecule has 0 unspecified atom stereocenters. The molecule has 1 aliphatic heterocycles. The van der Waals surface area contributed by atoms with Crippen LogP contribution in [0.15, 0.2) is 53.4 Å². The molecule has 1 heterocycles. The maximum Gasteiger partial charge on any atom is 0.293 e. The molecule has 0 saturated carbocycles. The molecule has 0 aliphatic carbocycles. The topological polar surface area (TPSA) is 84.9 Å². The number of hydrogen-bond donors (Lipinski definition) is 1. The number of nitrogens with one attached hydrogen (secondary N) is 1. The number of ether oxygens (including phenoxy) is 2. The second kappa shape index (κ2) is 10.6. The molecule has 1 fully saturated rings. The van der Waals surface area contributed by atoms with E-state index in [0.29, 0.717) is 17.1 Å². The first-order valence-electron chi connectivity index (χ1n) is 9.60. The van der Waals surface area contributed by atoms with Crippen molar-refractivity contribution in [1.29, 1.82) is 0 Å². The third-order valence-corrected chi connectivity index (χ3v) is 5.42. The van der Waals surface area contributed by atoms with Crippen LogP contribution < -0.4 is 14.8 Å². The van der Waals surface area contributed by atoms with Crippen molar-refractivity contribution in [1.82, 2.24) is 10.2 Å². The maximum absolute atomic E-state index is 13.0. The van der Waals surface area contributed by atoms with Gasteiger partial charge in [0.2, 0.25) is 5.91 Å². The zero-order chi connectivity index (χ0) is 23.1. The highest BCUT2D eigenvalue weighted by atomic mass is 32.2. The van der Waals surface area contributed by atoms with Gasteiger partial charge in [-0.15, -0.1) is 0 Å². The van der Waals surface area contributed by atoms with Gasteiger partial charge in [0.05, 0.1) is 19.1 Å². The van der Waals surface area contributed by atoms with Gasteiger partial charge in [-0.3, -0.25) is 19.3 Å². The molecule has 1 aliphatic rings. The summed E-state index contributed by atoms with van der Waals surface area (Å²) in [5, 5.41) is 2.23. The summed E-state index contributed by atoms with van der Waals surface area (Å²) in [4.78, 5) is 38.0. The number of imide groups is 1. The highest BCUT2D eigenvalue weighted by Crippen LogP contribution is 2.32. The number of methoxy groups -OCH3 is 2. The standard InChI is InChI=1S/C23H21FN2O5S/c1-30-18-9-5-15(13-19(18)31-2)6-10-21(27)25-11-12-26-22(28)20(32-23(26)29)14-16-3-7-17(24)8-4-16/h3-10,13-14H,11-12H2,1-2H3,(H,25,27)/b10-6+,20-14-. The molecule has 3 rings (SSSR count). The van der Waals surface area contributed by atoms with E-state index in [1.54, 1.807) is 24.3 Å². The predicted molar refractivity (Wildman–Crippen MR) is 121 cm³/mol. The minimum absolute atomic E-state index is 0.0430. The Hall–Kier alpha value is -3.59. The Morgan fingerprint density at radius 2 is 1.75 bits per heavy atom. The van der Waals surface area contributed by atoms with E-state index in [-0.39, 0.29) is 29.7 Å². The molecule has 7 nitrogen and oxygen atoms in total. The molecular weight excluding hydrogens is 435 g/mol. The van der Waals surface area contributed by atoms with E-state index >= 15 is 0 Å². The lowest BCUT2D eigenvalue weighted by Crippen LogP contribution is -2.36. The molecule has 0 bridgehead atoms. The molecule has 0 spiro atoms. The minimum atomic E-state index is -0.445. The average molecular weight is 456 g/mol. The summed E-state index contributed by atoms with van der Waals surface area (Å²) >= 11 is 0.810. The highest BCUT2D eigenvalue weighted by molar-refractivity contribution is 8.18. The Bertz CT molecular complexity index is 1080. The van der Waals surface area contributed by atoms with Crippen molar-refractivity contribution in [3.05, 3.63) is 70.4 Å². The zero-order valence-corrected chi connectivity index (χ0v) is 18.3. The summed E-state index contributed by atoms with van der Waals surface area (Å²) in [6, 6.07) is 10.8. The van der Waals surface area contributed by atoms with Crippen molar-refractivity contribution >= 4 is 41.0 Å². The number of carbonyl (C=O) groups is 3. The first-order chi connectivity index (χ1) is 15.4. The number of benzene rings is 2. The van der Waals surface area contributed by atoms with Crippen LogP contribution in [0.3, 0.4) is 0 Å². The van der Waals surface area contributed by atoms with Crippen LogP contribution in [-0.4, -0.2) is 49.3 Å². The van der Waals surface area contributed by atoms with Gasteiger partial charge in [-0.05, 0) is 59.3 Å². The molecule has 1 saturated heterocycles. The summed E-state index contributed by atoms with van der Waals surface area (Å²) < 4.78 is 23.4. The molecule has 3 amide bonds. The number of thioether (sulfide) groups is 1. The van der Waals surface area contributed by atoms with Crippen LogP contribution in [0.2, 0.25) is 0 Å². The van der Waals surface area contributed by atoms with Gasteiger partial charge in [0.1, 0.15) is 5.82 Å². The molecular formula is C23H21FN2O5S. The van der Waals surface area contributed by atoms with Crippen molar-refractivity contribution in [3.63, 3.8) is 0 Å². The Balaban J connectivity index is 1.53. The highest BCUT2D eigenvalue weighted by Gasteiger charge is 2.34. The van der Waals surface area contributed by atoms with Crippen molar-refractivity contribution in [2.24, 2.45) is 0 Å². The molecule has 2 aromatic rings. The number of carbonyl (C=O) groups excluding carboxylic acids is 3. The van der Waals surface area contributed by atoms with E-state index in [4.69, 9.17) is 9.47 Å². The van der Waals surface area contributed by atoms with Gasteiger partial charge >= 0.3 is 0 Å². The maximum atomic E-state index is 13.0. The van der Waals surface area contributed by atoms with Crippen molar-refractivity contribution < 1.29 is 28.2 Å². The molecule has 0 atom stereocenters. The summed E-state index contributed by atoms with van der Waals surface area (Å²) in [5.41, 5.74) is 1.36. The van der Waals surface area contributed by atoms with Gasteiger partial charge in [-0.2, -0.15) is 0 Å². The van der Waals surface area contributed by atoms with Crippen LogP contribution in [0, 0.1) is 5.82 Å². The lowest BCUT2D eigenvalue weighted by Gasteiger charge is -2.12. The Kier molecular flexibility index (Phi) is 7.67. The zero-order valence-electron chi connectivity index (χ0n) is 17.5. The van der Waals surface area contributed by atoms with Gasteiger partial charge in [-0.25, -0.2) is 4.39 Å². The second-order valence-electron chi connectivity index (χ2n) is 6.62. The molecule has 0 aromatic heterocycles. The lowest BCUT2D eigenvalue weighted by atomic mass is 10.2. The van der Waals surface area contributed by atoms with Gasteiger partial charge in [-0.1, -0.05) is 18.2 Å². The summed E-state index contributed by atoms with van der Waals surface area (Å²) in [6.07, 6.45) is 4.50. The Morgan fingerprint density at radius 1 is 1.06 bits per heavy atom. The van der Waals surface area contributed by atoms with E-state index in [2.05, 4.69) is 5.32 Å². The third kappa shape index (κ3) is 5.76. The summed E-state index contributed by atoms with van der Waals surface area (Å²) in [5.74, 6) is -0.0675. The summed E-state index contributed by atoms with van der Waals surface area (Å²) in [7, 11) is 3.06. The number of halogens is 1. The number of amides is 3. The van der Waals surface area contributed by atoms with E-state index in [0.717, 1.165) is 22.2 Å². The summed E-state index contributed by atoms with van der Waals surface area (Å²) in [6.45, 7) is 0.151. The number of hydrogen-bond acceptors (Lipinski definition) is 6. The predicted octanol–water partition coefficient (Wildman–Crippen LogP) is 3.71. The SMILES string of the molecule is COc1ccc(/C=C/C(=O)NCCN2C(=O)S/C(=C\c3ccc(F)cc3)C2=O)cc1OC. The fourth-order valence-corrected chi connectivity index (χ4v) is 3.75. The van der Waals surface area contributed by atoms with Crippen molar-refractivity contribution in [2.45, 2.75) is 0 Å². The first kappa shape index (κ1) is 23.1. The fraction of sp³-hybridized carbons (Fsp3) is 0.174. The van der Waals surface area contributed by atoms with E-state index in [9.17, 15) is 18.8 Å². The fourth-order valence-electron chi connectivity index (χ4n) is 2.88. The van der Waals surface area contributed by atoms with Gasteiger partial charge < -0.3 is 14.8 Å². The average Bonchev–Trinajstić information content (AvgIpc) is 3.06. The first-order valence-corrected chi connectivity index (χ1v) is 10.4. The van der Waals surface area contributed by atoms with E-state index < -0.39 is 11.1 Å². The quantitative estimate of drug-likeness (QED) is 0.610. The molecule has 1 N–H and O–H groups in total. The largest absolute Gasteiger partial charge is 0.493 e.